The van der Waals surface area contributed by atoms with Crippen molar-refractivity contribution in [3.05, 3.63) is 29.3 Å². The zero-order valence-corrected chi connectivity index (χ0v) is 13.8. The summed E-state index contributed by atoms with van der Waals surface area (Å²) < 4.78 is 34.4. The van der Waals surface area contributed by atoms with Gasteiger partial charge < -0.3 is 10.2 Å². The second-order valence-corrected chi connectivity index (χ2v) is 7.05. The number of carbonyl (C=O) groups excluding carboxylic acids is 2. The van der Waals surface area contributed by atoms with Gasteiger partial charge >= 0.3 is 10.2 Å². The number of hydrogen-bond donors (Lipinski definition) is 1. The van der Waals surface area contributed by atoms with Crippen molar-refractivity contribution in [2.24, 2.45) is 5.92 Å². The molecule has 8 heteroatoms. The molecule has 1 N–H and O–H groups in total. The summed E-state index contributed by atoms with van der Waals surface area (Å²) in [7, 11) is -4.62. The number of amides is 2. The minimum absolute atomic E-state index is 0.0199. The molecule has 1 fully saturated rings. The van der Waals surface area contributed by atoms with E-state index in [0.29, 0.717) is 17.8 Å². The molecule has 0 bridgehead atoms. The Morgan fingerprint density at radius 2 is 2.13 bits per heavy atom. The molecule has 1 unspecified atom stereocenters. The second-order valence-electron chi connectivity index (χ2n) is 5.64. The fraction of sp³-hybridized carbons (Fsp3) is 0.467. The van der Waals surface area contributed by atoms with Gasteiger partial charge in [0.25, 0.3) is 5.91 Å². The lowest BCUT2D eigenvalue weighted by Gasteiger charge is -2.20. The number of nitrogens with one attached hydrogen (secondary N) is 1. The SMILES string of the molecule is CCNC(=O)c1ccc(C)c(N2CC(CS(=O)(=O)F)CC2=O)c1. The van der Waals surface area contributed by atoms with Crippen LogP contribution in [-0.4, -0.2) is 39.1 Å². The lowest BCUT2D eigenvalue weighted by atomic mass is 10.1. The highest BCUT2D eigenvalue weighted by atomic mass is 32.3. The van der Waals surface area contributed by atoms with Crippen LogP contribution in [-0.2, 0) is 15.0 Å². The van der Waals surface area contributed by atoms with E-state index < -0.39 is 21.9 Å². The molecular weight excluding hydrogens is 323 g/mol. The first-order valence-electron chi connectivity index (χ1n) is 7.32. The van der Waals surface area contributed by atoms with E-state index in [2.05, 4.69) is 5.32 Å². The Bertz CT molecular complexity index is 733. The predicted molar refractivity (Wildman–Crippen MR) is 84.5 cm³/mol. The van der Waals surface area contributed by atoms with Crippen molar-refractivity contribution in [2.45, 2.75) is 20.3 Å². The molecule has 1 atom stereocenters. The van der Waals surface area contributed by atoms with Crippen molar-refractivity contribution >= 4 is 27.7 Å². The molecule has 1 aromatic rings. The third-order valence-corrected chi connectivity index (χ3v) is 4.61. The summed E-state index contributed by atoms with van der Waals surface area (Å²) in [6, 6.07) is 4.99. The second kappa shape index (κ2) is 6.66. The van der Waals surface area contributed by atoms with Gasteiger partial charge in [-0.2, -0.15) is 8.42 Å². The third kappa shape index (κ3) is 4.28. The average molecular weight is 342 g/mol. The molecular formula is C15H19FN2O4S. The van der Waals surface area contributed by atoms with E-state index in [4.69, 9.17) is 0 Å². The number of nitrogens with zero attached hydrogens (tertiary/aromatic N) is 1. The van der Waals surface area contributed by atoms with Crippen molar-refractivity contribution in [3.63, 3.8) is 0 Å². The summed E-state index contributed by atoms with van der Waals surface area (Å²) in [5.74, 6) is -1.76. The molecule has 1 aliphatic heterocycles. The van der Waals surface area contributed by atoms with E-state index >= 15 is 0 Å². The zero-order chi connectivity index (χ0) is 17.2. The Balaban J connectivity index is 2.26. The van der Waals surface area contributed by atoms with Gasteiger partial charge in [0.2, 0.25) is 5.91 Å². The van der Waals surface area contributed by atoms with E-state index in [1.807, 2.05) is 0 Å². The number of rotatable bonds is 5. The summed E-state index contributed by atoms with van der Waals surface area (Å²) >= 11 is 0. The number of halogens is 1. The monoisotopic (exact) mass is 342 g/mol. The van der Waals surface area contributed by atoms with Crippen LogP contribution in [0.4, 0.5) is 9.57 Å². The Labute approximate surface area is 134 Å². The van der Waals surface area contributed by atoms with Gasteiger partial charge in [0.1, 0.15) is 0 Å². The fourth-order valence-corrected chi connectivity index (χ4v) is 3.50. The first kappa shape index (κ1) is 17.4. The van der Waals surface area contributed by atoms with Crippen LogP contribution in [0.15, 0.2) is 18.2 Å². The van der Waals surface area contributed by atoms with Gasteiger partial charge in [0, 0.05) is 36.7 Å². The standard InChI is InChI=1S/C15H19FN2O4S/c1-3-17-15(20)12-5-4-10(2)13(7-12)18-8-11(6-14(18)19)9-23(16,21)22/h4-5,7,11H,3,6,8-9H2,1-2H3,(H,17,20). The number of anilines is 1. The van der Waals surface area contributed by atoms with Crippen LogP contribution in [0.3, 0.4) is 0 Å². The summed E-state index contributed by atoms with van der Waals surface area (Å²) in [5.41, 5.74) is 1.76. The first-order chi connectivity index (χ1) is 10.7. The van der Waals surface area contributed by atoms with Crippen LogP contribution in [0.2, 0.25) is 0 Å². The van der Waals surface area contributed by atoms with Crippen LogP contribution in [0.25, 0.3) is 0 Å². The van der Waals surface area contributed by atoms with Crippen molar-refractivity contribution in [1.82, 2.24) is 5.32 Å². The topological polar surface area (TPSA) is 83.6 Å². The van der Waals surface area contributed by atoms with Crippen molar-refractivity contribution < 1.29 is 21.9 Å². The molecule has 0 spiro atoms. The molecule has 1 aliphatic rings. The van der Waals surface area contributed by atoms with Gasteiger partial charge in [-0.05, 0) is 31.5 Å². The Kier molecular flexibility index (Phi) is 5.03. The summed E-state index contributed by atoms with van der Waals surface area (Å²) in [6.07, 6.45) is -0.0199. The van der Waals surface area contributed by atoms with Gasteiger partial charge in [-0.15, -0.1) is 3.89 Å². The number of aryl methyl sites for hydroxylation is 1. The predicted octanol–water partition coefficient (Wildman–Crippen LogP) is 1.40. The van der Waals surface area contributed by atoms with Gasteiger partial charge in [-0.3, -0.25) is 9.59 Å². The zero-order valence-electron chi connectivity index (χ0n) is 13.0. The van der Waals surface area contributed by atoms with Crippen LogP contribution in [0.1, 0.15) is 29.3 Å². The van der Waals surface area contributed by atoms with E-state index in [9.17, 15) is 21.9 Å². The van der Waals surface area contributed by atoms with Crippen LogP contribution >= 0.6 is 0 Å². The van der Waals surface area contributed by atoms with Gasteiger partial charge in [0.05, 0.1) is 5.75 Å². The maximum absolute atomic E-state index is 12.8. The fourth-order valence-electron chi connectivity index (χ4n) is 2.71. The number of benzene rings is 1. The highest BCUT2D eigenvalue weighted by Gasteiger charge is 2.34. The summed E-state index contributed by atoms with van der Waals surface area (Å²) in [6.45, 7) is 4.21. The molecule has 1 saturated heterocycles. The summed E-state index contributed by atoms with van der Waals surface area (Å²) in [4.78, 5) is 25.5. The largest absolute Gasteiger partial charge is 0.352 e. The lowest BCUT2D eigenvalue weighted by molar-refractivity contribution is -0.117. The van der Waals surface area contributed by atoms with Crippen LogP contribution < -0.4 is 10.2 Å². The molecule has 23 heavy (non-hydrogen) atoms. The number of hydrogen-bond acceptors (Lipinski definition) is 4. The quantitative estimate of drug-likeness (QED) is 0.820. The summed E-state index contributed by atoms with van der Waals surface area (Å²) in [5, 5.41) is 2.68. The smallest absolute Gasteiger partial charge is 0.302 e. The van der Waals surface area contributed by atoms with Gasteiger partial charge in [0.15, 0.2) is 0 Å². The molecule has 0 aromatic heterocycles. The molecule has 0 aliphatic carbocycles. The highest BCUT2D eigenvalue weighted by molar-refractivity contribution is 7.86. The van der Waals surface area contributed by atoms with E-state index in [1.165, 1.54) is 4.90 Å². The van der Waals surface area contributed by atoms with E-state index in [-0.39, 0.29) is 24.8 Å². The lowest BCUT2D eigenvalue weighted by Crippen LogP contribution is -2.27. The molecule has 1 aromatic carbocycles. The van der Waals surface area contributed by atoms with Gasteiger partial charge in [-0.1, -0.05) is 6.07 Å². The average Bonchev–Trinajstić information content (AvgIpc) is 2.77. The third-order valence-electron chi connectivity index (χ3n) is 3.74. The molecule has 126 valence electrons. The Morgan fingerprint density at radius 3 is 2.74 bits per heavy atom. The maximum Gasteiger partial charge on any atom is 0.302 e. The molecule has 2 amide bonds. The first-order valence-corrected chi connectivity index (χ1v) is 8.88. The number of carbonyl (C=O) groups is 2. The normalized spacial score (nSPS) is 18.3. The van der Waals surface area contributed by atoms with Crippen LogP contribution in [0, 0.1) is 12.8 Å². The maximum atomic E-state index is 12.8. The van der Waals surface area contributed by atoms with Crippen molar-refractivity contribution in [2.75, 3.05) is 23.7 Å². The molecule has 0 radical (unpaired) electrons. The minimum Gasteiger partial charge on any atom is -0.352 e. The minimum atomic E-state index is -4.62. The molecule has 1 heterocycles. The van der Waals surface area contributed by atoms with Crippen LogP contribution in [0.5, 0.6) is 0 Å². The Hall–Kier alpha value is -1.96. The molecule has 6 nitrogen and oxygen atoms in total. The molecule has 0 saturated carbocycles. The van der Waals surface area contributed by atoms with Crippen molar-refractivity contribution in [1.29, 1.82) is 0 Å². The van der Waals surface area contributed by atoms with E-state index in [1.54, 1.807) is 32.0 Å². The highest BCUT2D eigenvalue weighted by Crippen LogP contribution is 2.29. The Morgan fingerprint density at radius 1 is 1.43 bits per heavy atom. The van der Waals surface area contributed by atoms with Crippen molar-refractivity contribution in [3.8, 4) is 0 Å². The van der Waals surface area contributed by atoms with Gasteiger partial charge in [-0.25, -0.2) is 0 Å². The molecule has 2 rings (SSSR count). The van der Waals surface area contributed by atoms with E-state index in [0.717, 1.165) is 5.56 Å².